The molecule has 1 aliphatic rings. The van der Waals surface area contributed by atoms with Crippen LogP contribution in [0.2, 0.25) is 0 Å². The minimum atomic E-state index is -4.39. The van der Waals surface area contributed by atoms with Gasteiger partial charge in [0.25, 0.3) is 0 Å². The Hall–Kier alpha value is -3.23. The molecule has 2 atom stereocenters. The van der Waals surface area contributed by atoms with Crippen molar-refractivity contribution in [1.82, 2.24) is 10.2 Å². The number of benzene rings is 2. The Morgan fingerprint density at radius 1 is 1.09 bits per heavy atom. The van der Waals surface area contributed by atoms with Gasteiger partial charge in [0.05, 0.1) is 11.1 Å². The van der Waals surface area contributed by atoms with Crippen LogP contribution < -0.4 is 10.2 Å². The van der Waals surface area contributed by atoms with Gasteiger partial charge in [0.2, 0.25) is 0 Å². The molecule has 0 aliphatic carbocycles. The summed E-state index contributed by atoms with van der Waals surface area (Å²) in [5.74, 6) is -1.07. The van der Waals surface area contributed by atoms with Crippen molar-refractivity contribution in [3.8, 4) is 0 Å². The predicted molar refractivity (Wildman–Crippen MR) is 115 cm³/mol. The molecular weight excluding hydrogens is 423 g/mol. The number of carboxylic acid groups (broad SMARTS) is 1. The Balaban J connectivity index is 1.88. The third-order valence-corrected chi connectivity index (χ3v) is 5.80. The maximum absolute atomic E-state index is 12.9. The lowest BCUT2D eigenvalue weighted by molar-refractivity contribution is -0.137. The van der Waals surface area contributed by atoms with E-state index in [1.54, 1.807) is 24.1 Å². The summed E-state index contributed by atoms with van der Waals surface area (Å²) in [6.07, 6.45) is -3.35. The Labute approximate surface area is 184 Å². The fourth-order valence-corrected chi connectivity index (χ4v) is 4.06. The molecule has 1 fully saturated rings. The van der Waals surface area contributed by atoms with Gasteiger partial charge in [-0.05, 0) is 61.7 Å². The zero-order valence-corrected chi connectivity index (χ0v) is 17.9. The number of rotatable bonds is 5. The van der Waals surface area contributed by atoms with Crippen molar-refractivity contribution >= 4 is 17.7 Å². The lowest BCUT2D eigenvalue weighted by Crippen LogP contribution is -2.55. The van der Waals surface area contributed by atoms with Crippen LogP contribution in [-0.2, 0) is 6.18 Å². The van der Waals surface area contributed by atoms with Gasteiger partial charge in [-0.1, -0.05) is 12.1 Å². The molecule has 1 aliphatic heterocycles. The largest absolute Gasteiger partial charge is 0.478 e. The SMILES string of the molecule is CCNC(=O)N(C)[C@H]1CCC(c2ccc(C(F)(F)F)cc2)CN1c1ccc(C(=O)O)cc1. The highest BCUT2D eigenvalue weighted by molar-refractivity contribution is 5.88. The van der Waals surface area contributed by atoms with E-state index >= 15 is 0 Å². The molecule has 1 saturated heterocycles. The first-order chi connectivity index (χ1) is 15.1. The maximum atomic E-state index is 12.9. The van der Waals surface area contributed by atoms with Crippen LogP contribution in [0.25, 0.3) is 0 Å². The molecule has 2 amide bonds. The second-order valence-corrected chi connectivity index (χ2v) is 7.83. The quantitative estimate of drug-likeness (QED) is 0.690. The number of urea groups is 1. The molecule has 2 aromatic carbocycles. The Bertz CT molecular complexity index is 946. The molecule has 3 rings (SSSR count). The molecule has 0 bridgehead atoms. The number of aromatic carboxylic acids is 1. The van der Waals surface area contributed by atoms with Gasteiger partial charge in [0.1, 0.15) is 6.17 Å². The number of carboxylic acids is 1. The van der Waals surface area contributed by atoms with Crippen LogP contribution in [0.4, 0.5) is 23.7 Å². The van der Waals surface area contributed by atoms with E-state index in [1.165, 1.54) is 24.3 Å². The third-order valence-electron chi connectivity index (χ3n) is 5.80. The summed E-state index contributed by atoms with van der Waals surface area (Å²) in [5.41, 5.74) is 1.00. The molecule has 32 heavy (non-hydrogen) atoms. The lowest BCUT2D eigenvalue weighted by atomic mass is 9.88. The second-order valence-electron chi connectivity index (χ2n) is 7.83. The van der Waals surface area contributed by atoms with E-state index in [-0.39, 0.29) is 23.7 Å². The summed E-state index contributed by atoms with van der Waals surface area (Å²) in [7, 11) is 1.70. The van der Waals surface area contributed by atoms with E-state index in [9.17, 15) is 27.9 Å². The van der Waals surface area contributed by atoms with Crippen molar-refractivity contribution in [3.05, 3.63) is 65.2 Å². The van der Waals surface area contributed by atoms with E-state index in [2.05, 4.69) is 5.32 Å². The zero-order chi connectivity index (χ0) is 23.5. The van der Waals surface area contributed by atoms with Crippen LogP contribution in [-0.4, -0.2) is 48.3 Å². The number of carbonyl (C=O) groups excluding carboxylic acids is 1. The molecule has 6 nitrogen and oxygen atoms in total. The average molecular weight is 449 g/mol. The zero-order valence-electron chi connectivity index (χ0n) is 17.9. The maximum Gasteiger partial charge on any atom is 0.416 e. The average Bonchev–Trinajstić information content (AvgIpc) is 2.78. The molecule has 0 aromatic heterocycles. The van der Waals surface area contributed by atoms with Gasteiger partial charge in [0, 0.05) is 31.7 Å². The van der Waals surface area contributed by atoms with Crippen LogP contribution in [0.5, 0.6) is 0 Å². The Kier molecular flexibility index (Phi) is 6.96. The number of nitrogens with zero attached hydrogens (tertiary/aromatic N) is 2. The summed E-state index contributed by atoms with van der Waals surface area (Å²) < 4.78 is 38.8. The fraction of sp³-hybridized carbons (Fsp3) is 0.391. The standard InChI is InChI=1S/C23H26F3N3O3/c1-3-27-22(32)28(2)20-13-8-17(15-4-9-18(10-5-15)23(24,25)26)14-29(20)19-11-6-16(7-12-19)21(30)31/h4-7,9-12,17,20H,3,8,13-14H2,1-2H3,(H,27,32)(H,30,31)/t17?,20-/m1/s1. The number of nitrogens with one attached hydrogen (secondary N) is 1. The van der Waals surface area contributed by atoms with Crippen molar-refractivity contribution in [2.75, 3.05) is 25.0 Å². The monoisotopic (exact) mass is 449 g/mol. The highest BCUT2D eigenvalue weighted by Gasteiger charge is 2.35. The van der Waals surface area contributed by atoms with E-state index in [4.69, 9.17) is 0 Å². The summed E-state index contributed by atoms with van der Waals surface area (Å²) in [4.78, 5) is 27.3. The highest BCUT2D eigenvalue weighted by atomic mass is 19.4. The molecule has 1 unspecified atom stereocenters. The number of piperidine rings is 1. The van der Waals surface area contributed by atoms with Crippen molar-refractivity contribution in [2.24, 2.45) is 0 Å². The van der Waals surface area contributed by atoms with Gasteiger partial charge in [-0.3, -0.25) is 0 Å². The molecule has 0 radical (unpaired) electrons. The van der Waals surface area contributed by atoms with Crippen LogP contribution in [0.3, 0.4) is 0 Å². The summed E-state index contributed by atoms with van der Waals surface area (Å²) in [5, 5.41) is 12.0. The smallest absolute Gasteiger partial charge is 0.416 e. The summed E-state index contributed by atoms with van der Waals surface area (Å²) in [6.45, 7) is 2.79. The van der Waals surface area contributed by atoms with Crippen molar-refractivity contribution in [1.29, 1.82) is 0 Å². The lowest BCUT2D eigenvalue weighted by Gasteiger charge is -2.45. The van der Waals surface area contributed by atoms with E-state index in [1.807, 2.05) is 11.8 Å². The van der Waals surface area contributed by atoms with E-state index in [0.29, 0.717) is 25.9 Å². The van der Waals surface area contributed by atoms with Gasteiger partial charge in [-0.25, -0.2) is 9.59 Å². The molecular formula is C23H26F3N3O3. The number of anilines is 1. The molecule has 0 saturated carbocycles. The summed E-state index contributed by atoms with van der Waals surface area (Å²) in [6, 6.07) is 11.4. The van der Waals surface area contributed by atoms with Crippen LogP contribution in [0.15, 0.2) is 48.5 Å². The number of halogens is 3. The first-order valence-corrected chi connectivity index (χ1v) is 10.4. The topological polar surface area (TPSA) is 72.9 Å². The highest BCUT2D eigenvalue weighted by Crippen LogP contribution is 2.36. The predicted octanol–water partition coefficient (Wildman–Crippen LogP) is 4.78. The van der Waals surface area contributed by atoms with Gasteiger partial charge in [-0.2, -0.15) is 13.2 Å². The van der Waals surface area contributed by atoms with Crippen molar-refractivity contribution in [3.63, 3.8) is 0 Å². The Morgan fingerprint density at radius 3 is 2.25 bits per heavy atom. The Morgan fingerprint density at radius 2 is 1.72 bits per heavy atom. The summed E-state index contributed by atoms with van der Waals surface area (Å²) >= 11 is 0. The normalized spacial score (nSPS) is 18.8. The molecule has 9 heteroatoms. The molecule has 172 valence electrons. The number of hydrogen-bond acceptors (Lipinski definition) is 3. The van der Waals surface area contributed by atoms with Crippen LogP contribution in [0, 0.1) is 0 Å². The van der Waals surface area contributed by atoms with Crippen LogP contribution in [0.1, 0.15) is 47.2 Å². The number of hydrogen-bond donors (Lipinski definition) is 2. The van der Waals surface area contributed by atoms with E-state index in [0.717, 1.165) is 23.4 Å². The van der Waals surface area contributed by atoms with Crippen molar-refractivity contribution in [2.45, 2.75) is 38.0 Å². The molecule has 0 spiro atoms. The third kappa shape index (κ3) is 5.15. The second kappa shape index (κ2) is 9.50. The van der Waals surface area contributed by atoms with Crippen molar-refractivity contribution < 1.29 is 27.9 Å². The first kappa shape index (κ1) is 23.4. The van der Waals surface area contributed by atoms with Gasteiger partial charge >= 0.3 is 18.2 Å². The molecule has 1 heterocycles. The molecule has 2 N–H and O–H groups in total. The fourth-order valence-electron chi connectivity index (χ4n) is 4.06. The minimum absolute atomic E-state index is 0.0321. The van der Waals surface area contributed by atoms with Gasteiger partial charge in [-0.15, -0.1) is 0 Å². The van der Waals surface area contributed by atoms with Gasteiger partial charge in [0.15, 0.2) is 0 Å². The molecule has 2 aromatic rings. The van der Waals surface area contributed by atoms with Gasteiger partial charge < -0.3 is 20.2 Å². The van der Waals surface area contributed by atoms with Crippen LogP contribution >= 0.6 is 0 Å². The minimum Gasteiger partial charge on any atom is -0.478 e. The van der Waals surface area contributed by atoms with E-state index < -0.39 is 17.7 Å². The number of carbonyl (C=O) groups is 2. The first-order valence-electron chi connectivity index (χ1n) is 10.4. The number of alkyl halides is 3. The number of amides is 2.